The fraction of sp³-hybridized carbons (Fsp3) is 0.474. The average molecular weight is 388 g/mol. The van der Waals surface area contributed by atoms with E-state index in [-0.39, 0.29) is 24.5 Å². The van der Waals surface area contributed by atoms with E-state index in [1.165, 1.54) is 0 Å². The first-order chi connectivity index (χ1) is 13.0. The van der Waals surface area contributed by atoms with Crippen molar-refractivity contribution in [3.8, 4) is 5.75 Å². The molecule has 2 heterocycles. The highest BCUT2D eigenvalue weighted by atomic mass is 32.1. The Hall–Kier alpha value is -2.48. The molecule has 1 aliphatic heterocycles. The molecule has 2 aromatic rings. The second kappa shape index (κ2) is 8.47. The summed E-state index contributed by atoms with van der Waals surface area (Å²) >= 11 is 1.56. The number of ketones is 1. The molecule has 0 bridgehead atoms. The minimum Gasteiger partial charge on any atom is -0.496 e. The van der Waals surface area contributed by atoms with Gasteiger partial charge in [-0.05, 0) is 26.0 Å². The average Bonchev–Trinajstić information content (AvgIpc) is 3.12. The zero-order valence-corrected chi connectivity index (χ0v) is 16.7. The van der Waals surface area contributed by atoms with Gasteiger partial charge in [-0.2, -0.15) is 0 Å². The summed E-state index contributed by atoms with van der Waals surface area (Å²) in [5.74, 6) is 0.508. The molecule has 0 atom stereocenters. The summed E-state index contributed by atoms with van der Waals surface area (Å²) in [4.78, 5) is 29.0. The quantitative estimate of drug-likeness (QED) is 0.708. The lowest BCUT2D eigenvalue weighted by Crippen LogP contribution is -2.48. The highest BCUT2D eigenvalue weighted by molar-refractivity contribution is 7.15. The molecule has 1 amide bonds. The highest BCUT2D eigenvalue weighted by Gasteiger charge is 2.24. The normalized spacial score (nSPS) is 14.3. The molecule has 0 N–H and O–H groups in total. The van der Waals surface area contributed by atoms with Gasteiger partial charge in [0, 0.05) is 39.0 Å². The van der Waals surface area contributed by atoms with E-state index in [0.29, 0.717) is 24.4 Å². The number of nitrogens with zero attached hydrogens (tertiary/aromatic N) is 4. The van der Waals surface area contributed by atoms with E-state index in [0.717, 1.165) is 28.8 Å². The molecule has 1 aliphatic rings. The maximum atomic E-state index is 12.5. The van der Waals surface area contributed by atoms with E-state index in [9.17, 15) is 9.59 Å². The first-order valence-electron chi connectivity index (χ1n) is 8.98. The van der Waals surface area contributed by atoms with Crippen molar-refractivity contribution in [3.05, 3.63) is 34.3 Å². The number of aromatic nitrogens is 2. The minimum atomic E-state index is -0.0631. The van der Waals surface area contributed by atoms with Crippen LogP contribution in [0.3, 0.4) is 0 Å². The van der Waals surface area contributed by atoms with Gasteiger partial charge in [0.25, 0.3) is 0 Å². The number of hydrogen-bond acceptors (Lipinski definition) is 7. The van der Waals surface area contributed by atoms with Gasteiger partial charge in [0.2, 0.25) is 11.0 Å². The van der Waals surface area contributed by atoms with Gasteiger partial charge in [-0.3, -0.25) is 9.59 Å². The number of carbonyl (C=O) groups excluding carboxylic acids is 2. The largest absolute Gasteiger partial charge is 0.496 e. The Labute approximate surface area is 163 Å². The molecule has 7 nitrogen and oxygen atoms in total. The summed E-state index contributed by atoms with van der Waals surface area (Å²) < 4.78 is 5.27. The van der Waals surface area contributed by atoms with Crippen LogP contribution in [0.15, 0.2) is 18.2 Å². The summed E-state index contributed by atoms with van der Waals surface area (Å²) in [6.45, 7) is 6.61. The SMILES string of the molecule is COc1ccc(C)cc1C(=O)CCC(=O)N1CCN(c2nnc(C)s2)CC1. The van der Waals surface area contributed by atoms with Crippen LogP contribution in [0.25, 0.3) is 0 Å². The van der Waals surface area contributed by atoms with Crippen LogP contribution in [-0.4, -0.2) is 60.1 Å². The van der Waals surface area contributed by atoms with Crippen LogP contribution in [0.1, 0.15) is 33.8 Å². The van der Waals surface area contributed by atoms with Crippen molar-refractivity contribution >= 4 is 28.2 Å². The number of amides is 1. The molecular weight excluding hydrogens is 364 g/mol. The van der Waals surface area contributed by atoms with Crippen LogP contribution in [-0.2, 0) is 4.79 Å². The highest BCUT2D eigenvalue weighted by Crippen LogP contribution is 2.23. The molecule has 0 unspecified atom stereocenters. The predicted octanol–water partition coefficient (Wildman–Crippen LogP) is 2.48. The van der Waals surface area contributed by atoms with Gasteiger partial charge in [0.1, 0.15) is 10.8 Å². The Balaban J connectivity index is 1.51. The molecule has 27 heavy (non-hydrogen) atoms. The van der Waals surface area contributed by atoms with Crippen molar-refractivity contribution in [2.45, 2.75) is 26.7 Å². The third kappa shape index (κ3) is 4.63. The van der Waals surface area contributed by atoms with E-state index < -0.39 is 0 Å². The fourth-order valence-electron chi connectivity index (χ4n) is 3.11. The van der Waals surface area contributed by atoms with Crippen LogP contribution in [0.5, 0.6) is 5.75 Å². The number of piperazine rings is 1. The molecule has 3 rings (SSSR count). The second-order valence-corrected chi connectivity index (χ2v) is 7.76. The van der Waals surface area contributed by atoms with E-state index in [2.05, 4.69) is 15.1 Å². The summed E-state index contributed by atoms with van der Waals surface area (Å²) in [5, 5.41) is 10.0. The number of hydrogen-bond donors (Lipinski definition) is 0. The molecule has 144 valence electrons. The van der Waals surface area contributed by atoms with Gasteiger partial charge in [-0.15, -0.1) is 10.2 Å². The smallest absolute Gasteiger partial charge is 0.223 e. The molecule has 1 fully saturated rings. The van der Waals surface area contributed by atoms with E-state index in [4.69, 9.17) is 4.74 Å². The number of benzene rings is 1. The van der Waals surface area contributed by atoms with Crippen LogP contribution in [0.2, 0.25) is 0 Å². The Morgan fingerprint density at radius 1 is 1.11 bits per heavy atom. The van der Waals surface area contributed by atoms with Crippen molar-refractivity contribution in [3.63, 3.8) is 0 Å². The predicted molar refractivity (Wildman–Crippen MR) is 105 cm³/mol. The van der Waals surface area contributed by atoms with Gasteiger partial charge >= 0.3 is 0 Å². The molecular formula is C19H24N4O3S. The van der Waals surface area contributed by atoms with Crippen molar-refractivity contribution < 1.29 is 14.3 Å². The standard InChI is InChI=1S/C19H24N4O3S/c1-13-4-6-17(26-3)15(12-13)16(24)5-7-18(25)22-8-10-23(11-9-22)19-21-20-14(2)27-19/h4,6,12H,5,7-11H2,1-3H3. The number of Topliss-reactive ketones (excluding diaryl/α,β-unsaturated/α-hetero) is 1. The summed E-state index contributed by atoms with van der Waals surface area (Å²) in [6.07, 6.45) is 0.405. The lowest BCUT2D eigenvalue weighted by atomic mass is 10.0. The van der Waals surface area contributed by atoms with Crippen LogP contribution in [0.4, 0.5) is 5.13 Å². The number of methoxy groups -OCH3 is 1. The van der Waals surface area contributed by atoms with Gasteiger partial charge in [-0.25, -0.2) is 0 Å². The third-order valence-corrected chi connectivity index (χ3v) is 5.54. The Morgan fingerprint density at radius 3 is 2.48 bits per heavy atom. The van der Waals surface area contributed by atoms with Crippen molar-refractivity contribution in [2.24, 2.45) is 0 Å². The Bertz CT molecular complexity index is 828. The number of anilines is 1. The van der Waals surface area contributed by atoms with Crippen molar-refractivity contribution in [1.82, 2.24) is 15.1 Å². The molecule has 1 aromatic heterocycles. The first-order valence-corrected chi connectivity index (χ1v) is 9.80. The summed E-state index contributed by atoms with van der Waals surface area (Å²) in [6, 6.07) is 5.51. The molecule has 0 aliphatic carbocycles. The van der Waals surface area contributed by atoms with Gasteiger partial charge < -0.3 is 14.5 Å². The minimum absolute atomic E-state index is 0.0167. The molecule has 0 saturated carbocycles. The van der Waals surface area contributed by atoms with Crippen LogP contribution >= 0.6 is 11.3 Å². The van der Waals surface area contributed by atoms with E-state index >= 15 is 0 Å². The molecule has 0 radical (unpaired) electrons. The zero-order chi connectivity index (χ0) is 19.4. The molecule has 1 saturated heterocycles. The first kappa shape index (κ1) is 19.3. The number of ether oxygens (including phenoxy) is 1. The summed E-state index contributed by atoms with van der Waals surface area (Å²) in [7, 11) is 1.55. The second-order valence-electron chi connectivity index (χ2n) is 6.60. The van der Waals surface area contributed by atoms with E-state index in [1.807, 2.05) is 30.9 Å². The van der Waals surface area contributed by atoms with Gasteiger partial charge in [0.15, 0.2) is 5.78 Å². The third-order valence-electron chi connectivity index (χ3n) is 4.64. The Kier molecular flexibility index (Phi) is 6.05. The summed E-state index contributed by atoms with van der Waals surface area (Å²) in [5.41, 5.74) is 1.54. The number of rotatable bonds is 6. The van der Waals surface area contributed by atoms with Gasteiger partial charge in [0.05, 0.1) is 12.7 Å². The lowest BCUT2D eigenvalue weighted by Gasteiger charge is -2.34. The Morgan fingerprint density at radius 2 is 1.85 bits per heavy atom. The van der Waals surface area contributed by atoms with Crippen LogP contribution < -0.4 is 9.64 Å². The van der Waals surface area contributed by atoms with Crippen LogP contribution in [0, 0.1) is 13.8 Å². The molecule has 0 spiro atoms. The lowest BCUT2D eigenvalue weighted by molar-refractivity contribution is -0.131. The topological polar surface area (TPSA) is 75.6 Å². The number of aryl methyl sites for hydroxylation is 2. The van der Waals surface area contributed by atoms with Crippen molar-refractivity contribution in [2.75, 3.05) is 38.2 Å². The number of carbonyl (C=O) groups is 2. The monoisotopic (exact) mass is 388 g/mol. The maximum absolute atomic E-state index is 12.5. The maximum Gasteiger partial charge on any atom is 0.223 e. The molecule has 8 heteroatoms. The fourth-order valence-corrected chi connectivity index (χ4v) is 3.85. The van der Waals surface area contributed by atoms with Crippen molar-refractivity contribution in [1.29, 1.82) is 0 Å². The van der Waals surface area contributed by atoms with Gasteiger partial charge in [-0.1, -0.05) is 23.0 Å². The van der Waals surface area contributed by atoms with E-state index in [1.54, 1.807) is 24.5 Å². The zero-order valence-electron chi connectivity index (χ0n) is 15.9. The molecule has 1 aromatic carbocycles.